The van der Waals surface area contributed by atoms with Crippen molar-refractivity contribution in [3.8, 4) is 5.75 Å². The SMILES string of the molecule is COc1cc(C)c(C2=CCNCC2)cc1C. The number of hydrogen-bond donors (Lipinski definition) is 1. The molecule has 0 amide bonds. The Morgan fingerprint density at radius 2 is 2.00 bits per heavy atom. The average Bonchev–Trinajstić information content (AvgIpc) is 2.32. The van der Waals surface area contributed by atoms with Crippen LogP contribution in [0.1, 0.15) is 23.1 Å². The van der Waals surface area contributed by atoms with E-state index >= 15 is 0 Å². The van der Waals surface area contributed by atoms with Crippen molar-refractivity contribution >= 4 is 5.57 Å². The molecule has 0 aliphatic carbocycles. The molecule has 0 unspecified atom stereocenters. The van der Waals surface area contributed by atoms with Gasteiger partial charge in [-0.05, 0) is 61.2 Å². The lowest BCUT2D eigenvalue weighted by atomic mass is 9.94. The third-order valence-electron chi connectivity index (χ3n) is 3.15. The summed E-state index contributed by atoms with van der Waals surface area (Å²) in [7, 11) is 1.73. The number of ether oxygens (including phenoxy) is 1. The van der Waals surface area contributed by atoms with Gasteiger partial charge in [0.2, 0.25) is 0 Å². The number of rotatable bonds is 2. The molecular weight excluding hydrogens is 198 g/mol. The van der Waals surface area contributed by atoms with Crippen LogP contribution in [0.15, 0.2) is 18.2 Å². The molecule has 2 rings (SSSR count). The van der Waals surface area contributed by atoms with Crippen LogP contribution >= 0.6 is 0 Å². The fraction of sp³-hybridized carbons (Fsp3) is 0.429. The highest BCUT2D eigenvalue weighted by atomic mass is 16.5. The summed E-state index contributed by atoms with van der Waals surface area (Å²) < 4.78 is 5.34. The molecule has 0 saturated carbocycles. The second kappa shape index (κ2) is 4.71. The minimum atomic E-state index is 0.982. The molecule has 0 fully saturated rings. The topological polar surface area (TPSA) is 21.3 Å². The van der Waals surface area contributed by atoms with Crippen LogP contribution in [0.4, 0.5) is 0 Å². The summed E-state index contributed by atoms with van der Waals surface area (Å²) in [5.41, 5.74) is 5.35. The van der Waals surface area contributed by atoms with Crippen molar-refractivity contribution in [3.05, 3.63) is 34.9 Å². The molecule has 2 nitrogen and oxygen atoms in total. The molecule has 0 spiro atoms. The summed E-state index contributed by atoms with van der Waals surface area (Å²) in [6, 6.07) is 4.37. The summed E-state index contributed by atoms with van der Waals surface area (Å²) in [6.45, 7) is 6.32. The van der Waals surface area contributed by atoms with Crippen molar-refractivity contribution in [1.82, 2.24) is 5.32 Å². The van der Waals surface area contributed by atoms with Gasteiger partial charge in [-0.15, -0.1) is 0 Å². The molecule has 1 aromatic rings. The van der Waals surface area contributed by atoms with Crippen LogP contribution in [0, 0.1) is 13.8 Å². The quantitative estimate of drug-likeness (QED) is 0.822. The van der Waals surface area contributed by atoms with Gasteiger partial charge in [0, 0.05) is 6.54 Å². The molecule has 1 N–H and O–H groups in total. The van der Waals surface area contributed by atoms with Crippen molar-refractivity contribution in [1.29, 1.82) is 0 Å². The molecule has 0 aromatic heterocycles. The van der Waals surface area contributed by atoms with E-state index < -0.39 is 0 Å². The molecule has 0 bridgehead atoms. The predicted molar refractivity (Wildman–Crippen MR) is 67.9 cm³/mol. The van der Waals surface area contributed by atoms with E-state index in [1.807, 2.05) is 0 Å². The minimum Gasteiger partial charge on any atom is -0.496 e. The van der Waals surface area contributed by atoms with Gasteiger partial charge in [-0.1, -0.05) is 6.08 Å². The molecule has 0 saturated heterocycles. The molecule has 0 radical (unpaired) electrons. The van der Waals surface area contributed by atoms with E-state index in [-0.39, 0.29) is 0 Å². The van der Waals surface area contributed by atoms with Gasteiger partial charge in [-0.3, -0.25) is 0 Å². The van der Waals surface area contributed by atoms with E-state index in [9.17, 15) is 0 Å². The van der Waals surface area contributed by atoms with E-state index in [1.165, 1.54) is 22.3 Å². The summed E-state index contributed by atoms with van der Waals surface area (Å²) in [6.07, 6.45) is 3.41. The maximum Gasteiger partial charge on any atom is 0.122 e. The molecule has 16 heavy (non-hydrogen) atoms. The van der Waals surface area contributed by atoms with Crippen molar-refractivity contribution in [2.75, 3.05) is 20.2 Å². The zero-order chi connectivity index (χ0) is 11.5. The van der Waals surface area contributed by atoms with Crippen LogP contribution in [0.5, 0.6) is 5.75 Å². The Morgan fingerprint density at radius 3 is 2.62 bits per heavy atom. The maximum atomic E-state index is 5.34. The van der Waals surface area contributed by atoms with E-state index in [2.05, 4.69) is 37.4 Å². The van der Waals surface area contributed by atoms with Gasteiger partial charge in [0.05, 0.1) is 7.11 Å². The van der Waals surface area contributed by atoms with E-state index in [0.717, 1.165) is 25.3 Å². The Kier molecular flexibility index (Phi) is 3.30. The van der Waals surface area contributed by atoms with Crippen molar-refractivity contribution in [3.63, 3.8) is 0 Å². The Labute approximate surface area is 97.3 Å². The van der Waals surface area contributed by atoms with Crippen molar-refractivity contribution in [2.24, 2.45) is 0 Å². The number of methoxy groups -OCH3 is 1. The number of aryl methyl sites for hydroxylation is 2. The Morgan fingerprint density at radius 1 is 1.19 bits per heavy atom. The first kappa shape index (κ1) is 11.2. The maximum absolute atomic E-state index is 5.34. The summed E-state index contributed by atoms with van der Waals surface area (Å²) >= 11 is 0. The van der Waals surface area contributed by atoms with Crippen molar-refractivity contribution < 1.29 is 4.74 Å². The first-order valence-electron chi connectivity index (χ1n) is 5.77. The van der Waals surface area contributed by atoms with E-state index in [0.29, 0.717) is 0 Å². The second-order valence-corrected chi connectivity index (χ2v) is 4.32. The van der Waals surface area contributed by atoms with Crippen LogP contribution in [-0.4, -0.2) is 20.2 Å². The standard InChI is InChI=1S/C14H19NO/c1-10-9-14(16-3)11(2)8-13(10)12-4-6-15-7-5-12/h4,8-9,15H,5-7H2,1-3H3. The molecule has 1 aliphatic rings. The smallest absolute Gasteiger partial charge is 0.122 e. The van der Waals surface area contributed by atoms with Crippen LogP contribution in [0.3, 0.4) is 0 Å². The minimum absolute atomic E-state index is 0.982. The van der Waals surface area contributed by atoms with E-state index in [4.69, 9.17) is 4.74 Å². The van der Waals surface area contributed by atoms with Crippen molar-refractivity contribution in [2.45, 2.75) is 20.3 Å². The molecule has 1 aliphatic heterocycles. The molecule has 1 heterocycles. The van der Waals surface area contributed by atoms with Gasteiger partial charge in [-0.25, -0.2) is 0 Å². The van der Waals surface area contributed by atoms with Gasteiger partial charge >= 0.3 is 0 Å². The van der Waals surface area contributed by atoms with Gasteiger partial charge < -0.3 is 10.1 Å². The number of hydrogen-bond acceptors (Lipinski definition) is 2. The second-order valence-electron chi connectivity index (χ2n) is 4.32. The molecule has 0 atom stereocenters. The first-order chi connectivity index (χ1) is 7.72. The third-order valence-corrected chi connectivity index (χ3v) is 3.15. The first-order valence-corrected chi connectivity index (χ1v) is 5.77. The highest BCUT2D eigenvalue weighted by Gasteiger charge is 2.10. The zero-order valence-corrected chi connectivity index (χ0v) is 10.3. The Balaban J connectivity index is 2.41. The van der Waals surface area contributed by atoms with Gasteiger partial charge in [-0.2, -0.15) is 0 Å². The monoisotopic (exact) mass is 217 g/mol. The lowest BCUT2D eigenvalue weighted by Gasteiger charge is -2.18. The number of benzene rings is 1. The molecule has 2 heteroatoms. The molecule has 86 valence electrons. The van der Waals surface area contributed by atoms with Crippen LogP contribution in [0.25, 0.3) is 5.57 Å². The summed E-state index contributed by atoms with van der Waals surface area (Å²) in [5.74, 6) is 0.982. The van der Waals surface area contributed by atoms with Crippen LogP contribution in [-0.2, 0) is 0 Å². The Bertz CT molecular complexity index is 421. The third kappa shape index (κ3) is 2.12. The largest absolute Gasteiger partial charge is 0.496 e. The summed E-state index contributed by atoms with van der Waals surface area (Å²) in [4.78, 5) is 0. The summed E-state index contributed by atoms with van der Waals surface area (Å²) in [5, 5.41) is 3.34. The normalized spacial score (nSPS) is 15.8. The fourth-order valence-corrected chi connectivity index (χ4v) is 2.22. The van der Waals surface area contributed by atoms with Crippen LogP contribution in [0.2, 0.25) is 0 Å². The van der Waals surface area contributed by atoms with Gasteiger partial charge in [0.25, 0.3) is 0 Å². The highest BCUT2D eigenvalue weighted by molar-refractivity contribution is 5.70. The van der Waals surface area contributed by atoms with E-state index in [1.54, 1.807) is 7.11 Å². The lowest BCUT2D eigenvalue weighted by Crippen LogP contribution is -2.20. The molecule has 1 aromatic carbocycles. The number of nitrogens with one attached hydrogen (secondary N) is 1. The molecular formula is C14H19NO. The van der Waals surface area contributed by atoms with Gasteiger partial charge in [0.15, 0.2) is 0 Å². The zero-order valence-electron chi connectivity index (χ0n) is 10.3. The average molecular weight is 217 g/mol. The predicted octanol–water partition coefficient (Wildman–Crippen LogP) is 2.69. The highest BCUT2D eigenvalue weighted by Crippen LogP contribution is 2.29. The lowest BCUT2D eigenvalue weighted by molar-refractivity contribution is 0.411. The fourth-order valence-electron chi connectivity index (χ4n) is 2.22. The Hall–Kier alpha value is -1.28. The van der Waals surface area contributed by atoms with Gasteiger partial charge in [0.1, 0.15) is 5.75 Å². The van der Waals surface area contributed by atoms with Crippen LogP contribution < -0.4 is 10.1 Å².